The minimum absolute atomic E-state index is 0.132. The van der Waals surface area contributed by atoms with Crippen molar-refractivity contribution in [1.82, 2.24) is 10.5 Å². The van der Waals surface area contributed by atoms with E-state index < -0.39 is 5.97 Å². The summed E-state index contributed by atoms with van der Waals surface area (Å²) >= 11 is 0. The fourth-order valence-corrected chi connectivity index (χ4v) is 2.19. The van der Waals surface area contributed by atoms with Crippen LogP contribution in [0.5, 0.6) is 0 Å². The van der Waals surface area contributed by atoms with E-state index in [4.69, 9.17) is 9.63 Å². The standard InChI is InChI=1S/C16H18N2O4/c1-3-14-13(10(2)22-18-14)9-17-15(19)8-11-5-4-6-12(7-11)16(20)21/h4-7H,3,8-9H2,1-2H3,(H,17,19)(H,20,21). The van der Waals surface area contributed by atoms with Gasteiger partial charge in [-0.15, -0.1) is 0 Å². The first kappa shape index (κ1) is 15.8. The molecule has 22 heavy (non-hydrogen) atoms. The molecule has 0 aliphatic heterocycles. The van der Waals surface area contributed by atoms with Gasteiger partial charge < -0.3 is 14.9 Å². The second kappa shape index (κ2) is 6.89. The zero-order chi connectivity index (χ0) is 16.1. The van der Waals surface area contributed by atoms with E-state index in [2.05, 4.69) is 10.5 Å². The fraction of sp³-hybridized carbons (Fsp3) is 0.312. The highest BCUT2D eigenvalue weighted by Gasteiger charge is 2.13. The molecule has 0 aliphatic carbocycles. The van der Waals surface area contributed by atoms with Gasteiger partial charge in [-0.25, -0.2) is 4.79 Å². The molecule has 1 aromatic heterocycles. The molecule has 0 atom stereocenters. The van der Waals surface area contributed by atoms with E-state index in [1.54, 1.807) is 12.1 Å². The predicted octanol–water partition coefficient (Wildman–Crippen LogP) is 2.10. The molecule has 0 saturated heterocycles. The molecular formula is C16H18N2O4. The molecule has 0 saturated carbocycles. The van der Waals surface area contributed by atoms with Crippen LogP contribution in [0.2, 0.25) is 0 Å². The molecule has 1 aromatic carbocycles. The Hall–Kier alpha value is -2.63. The van der Waals surface area contributed by atoms with E-state index in [9.17, 15) is 9.59 Å². The van der Waals surface area contributed by atoms with Crippen molar-refractivity contribution in [3.8, 4) is 0 Å². The maximum absolute atomic E-state index is 12.0. The van der Waals surface area contributed by atoms with Crippen molar-refractivity contribution < 1.29 is 19.2 Å². The summed E-state index contributed by atoms with van der Waals surface area (Å²) in [4.78, 5) is 22.9. The molecule has 0 radical (unpaired) electrons. The second-order valence-electron chi connectivity index (χ2n) is 4.98. The lowest BCUT2D eigenvalue weighted by molar-refractivity contribution is -0.120. The van der Waals surface area contributed by atoms with Crippen LogP contribution in [0.3, 0.4) is 0 Å². The van der Waals surface area contributed by atoms with Gasteiger partial charge in [-0.1, -0.05) is 24.2 Å². The van der Waals surface area contributed by atoms with Crippen LogP contribution in [-0.2, 0) is 24.2 Å². The van der Waals surface area contributed by atoms with Gasteiger partial charge in [0.2, 0.25) is 5.91 Å². The van der Waals surface area contributed by atoms with E-state index in [-0.39, 0.29) is 17.9 Å². The van der Waals surface area contributed by atoms with Crippen LogP contribution < -0.4 is 5.32 Å². The van der Waals surface area contributed by atoms with Crippen LogP contribution in [0.25, 0.3) is 0 Å². The Labute approximate surface area is 128 Å². The van der Waals surface area contributed by atoms with Gasteiger partial charge in [-0.2, -0.15) is 0 Å². The average molecular weight is 302 g/mol. The smallest absolute Gasteiger partial charge is 0.335 e. The van der Waals surface area contributed by atoms with Crippen molar-refractivity contribution in [3.63, 3.8) is 0 Å². The summed E-state index contributed by atoms with van der Waals surface area (Å²) in [5.41, 5.74) is 2.57. The summed E-state index contributed by atoms with van der Waals surface area (Å²) in [6, 6.07) is 6.36. The number of nitrogens with one attached hydrogen (secondary N) is 1. The number of amides is 1. The Morgan fingerprint density at radius 2 is 2.14 bits per heavy atom. The highest BCUT2D eigenvalue weighted by molar-refractivity contribution is 5.88. The van der Waals surface area contributed by atoms with Crippen LogP contribution in [0.1, 0.15) is 39.9 Å². The Bertz CT molecular complexity index is 691. The molecule has 1 amide bonds. The molecular weight excluding hydrogens is 284 g/mol. The third-order valence-corrected chi connectivity index (χ3v) is 3.40. The van der Waals surface area contributed by atoms with Crippen molar-refractivity contribution in [2.75, 3.05) is 0 Å². The molecule has 2 N–H and O–H groups in total. The minimum Gasteiger partial charge on any atom is -0.478 e. The molecule has 116 valence electrons. The van der Waals surface area contributed by atoms with Crippen LogP contribution in [0.15, 0.2) is 28.8 Å². The number of carboxylic acids is 1. The topological polar surface area (TPSA) is 92.4 Å². The van der Waals surface area contributed by atoms with Crippen molar-refractivity contribution in [1.29, 1.82) is 0 Å². The van der Waals surface area contributed by atoms with Crippen molar-refractivity contribution >= 4 is 11.9 Å². The lowest BCUT2D eigenvalue weighted by Crippen LogP contribution is -2.25. The van der Waals surface area contributed by atoms with E-state index in [0.717, 1.165) is 17.7 Å². The van der Waals surface area contributed by atoms with Gasteiger partial charge in [-0.05, 0) is 31.0 Å². The molecule has 6 heteroatoms. The first-order chi connectivity index (χ1) is 10.5. The Morgan fingerprint density at radius 3 is 2.82 bits per heavy atom. The molecule has 0 fully saturated rings. The van der Waals surface area contributed by atoms with Gasteiger partial charge >= 0.3 is 5.97 Å². The average Bonchev–Trinajstić information content (AvgIpc) is 2.85. The highest BCUT2D eigenvalue weighted by Crippen LogP contribution is 2.13. The van der Waals surface area contributed by atoms with Crippen LogP contribution in [-0.4, -0.2) is 22.1 Å². The first-order valence-corrected chi connectivity index (χ1v) is 7.04. The molecule has 0 aliphatic rings. The van der Waals surface area contributed by atoms with Crippen molar-refractivity contribution in [2.45, 2.75) is 33.2 Å². The summed E-state index contributed by atoms with van der Waals surface area (Å²) in [7, 11) is 0. The van der Waals surface area contributed by atoms with Gasteiger partial charge in [0.15, 0.2) is 0 Å². The fourth-order valence-electron chi connectivity index (χ4n) is 2.19. The van der Waals surface area contributed by atoms with E-state index in [1.807, 2.05) is 13.8 Å². The van der Waals surface area contributed by atoms with Crippen LogP contribution in [0.4, 0.5) is 0 Å². The quantitative estimate of drug-likeness (QED) is 0.852. The third-order valence-electron chi connectivity index (χ3n) is 3.40. The molecule has 6 nitrogen and oxygen atoms in total. The van der Waals surface area contributed by atoms with Crippen LogP contribution in [0, 0.1) is 6.92 Å². The second-order valence-corrected chi connectivity index (χ2v) is 4.98. The molecule has 0 bridgehead atoms. The number of aromatic carboxylic acids is 1. The van der Waals surface area contributed by atoms with Crippen molar-refractivity contribution in [3.05, 3.63) is 52.4 Å². The number of aromatic nitrogens is 1. The maximum Gasteiger partial charge on any atom is 0.335 e. The zero-order valence-corrected chi connectivity index (χ0v) is 12.5. The normalized spacial score (nSPS) is 10.5. The van der Waals surface area contributed by atoms with E-state index >= 15 is 0 Å². The van der Waals surface area contributed by atoms with Gasteiger partial charge in [0, 0.05) is 12.1 Å². The summed E-state index contributed by atoms with van der Waals surface area (Å²) in [6.45, 7) is 4.14. The van der Waals surface area contributed by atoms with E-state index in [0.29, 0.717) is 17.9 Å². The number of nitrogens with zero attached hydrogens (tertiary/aromatic N) is 1. The Balaban J connectivity index is 1.97. The summed E-state index contributed by atoms with van der Waals surface area (Å²) in [5, 5.41) is 15.7. The van der Waals surface area contributed by atoms with Crippen LogP contribution >= 0.6 is 0 Å². The predicted molar refractivity (Wildman–Crippen MR) is 79.6 cm³/mol. The van der Waals surface area contributed by atoms with E-state index in [1.165, 1.54) is 12.1 Å². The largest absolute Gasteiger partial charge is 0.478 e. The zero-order valence-electron chi connectivity index (χ0n) is 12.5. The summed E-state index contributed by atoms with van der Waals surface area (Å²) in [5.74, 6) is -0.481. The number of rotatable bonds is 6. The lowest BCUT2D eigenvalue weighted by atomic mass is 10.1. The van der Waals surface area contributed by atoms with Gasteiger partial charge in [-0.3, -0.25) is 4.79 Å². The number of hydrogen-bond acceptors (Lipinski definition) is 4. The maximum atomic E-state index is 12.0. The van der Waals surface area contributed by atoms with Gasteiger partial charge in [0.05, 0.1) is 17.7 Å². The van der Waals surface area contributed by atoms with Gasteiger partial charge in [0.1, 0.15) is 5.76 Å². The Morgan fingerprint density at radius 1 is 1.36 bits per heavy atom. The first-order valence-electron chi connectivity index (χ1n) is 7.04. The molecule has 1 heterocycles. The summed E-state index contributed by atoms with van der Waals surface area (Å²) < 4.78 is 5.11. The van der Waals surface area contributed by atoms with Gasteiger partial charge in [0.25, 0.3) is 0 Å². The number of carbonyl (C=O) groups is 2. The molecule has 0 unspecified atom stereocenters. The number of aryl methyl sites for hydroxylation is 2. The SMILES string of the molecule is CCc1noc(C)c1CNC(=O)Cc1cccc(C(=O)O)c1. The third kappa shape index (κ3) is 3.72. The molecule has 0 spiro atoms. The Kier molecular flexibility index (Phi) is 4.93. The highest BCUT2D eigenvalue weighted by atomic mass is 16.5. The molecule has 2 aromatic rings. The number of carbonyl (C=O) groups excluding carboxylic acids is 1. The number of hydrogen-bond donors (Lipinski definition) is 2. The molecule has 2 rings (SSSR count). The lowest BCUT2D eigenvalue weighted by Gasteiger charge is -2.06. The number of carboxylic acid groups (broad SMARTS) is 1. The number of benzene rings is 1. The van der Waals surface area contributed by atoms with Crippen molar-refractivity contribution in [2.24, 2.45) is 0 Å². The monoisotopic (exact) mass is 302 g/mol. The minimum atomic E-state index is -1.00. The summed E-state index contributed by atoms with van der Waals surface area (Å²) in [6.07, 6.45) is 0.871.